The molecule has 0 aromatic heterocycles. The Bertz CT molecular complexity index is 454. The second-order valence-corrected chi connectivity index (χ2v) is 6.66. The van der Waals surface area contributed by atoms with Gasteiger partial charge in [0.1, 0.15) is 0 Å². The summed E-state index contributed by atoms with van der Waals surface area (Å²) < 4.78 is 0. The largest absolute Gasteiger partial charge is 0.392 e. The maximum atomic E-state index is 10.5. The summed E-state index contributed by atoms with van der Waals surface area (Å²) in [6.07, 6.45) is 11.9. The van der Waals surface area contributed by atoms with Crippen LogP contribution in [0.1, 0.15) is 59.3 Å². The van der Waals surface area contributed by atoms with Crippen LogP contribution in [0.4, 0.5) is 0 Å². The van der Waals surface area contributed by atoms with E-state index in [0.29, 0.717) is 6.42 Å². The number of allylic oxidation sites excluding steroid dienone is 5. The predicted octanol–water partition coefficient (Wildman–Crippen LogP) is 4.71. The summed E-state index contributed by atoms with van der Waals surface area (Å²) in [5.74, 6) is -0.0662. The fraction of sp³-hybridized carbons (Fsp3) is 0.600. The molecule has 1 aliphatic rings. The minimum Gasteiger partial charge on any atom is -0.392 e. The Labute approximate surface area is 135 Å². The van der Waals surface area contributed by atoms with Crippen LogP contribution in [-0.2, 0) is 0 Å². The minimum atomic E-state index is -0.473. The molecular formula is C20H32O2. The molecule has 0 aliphatic heterocycles. The van der Waals surface area contributed by atoms with E-state index in [1.807, 2.05) is 0 Å². The second-order valence-electron chi connectivity index (χ2n) is 6.66. The molecule has 0 radical (unpaired) electrons. The molecule has 22 heavy (non-hydrogen) atoms. The Balaban J connectivity index is 2.93. The molecule has 0 saturated heterocycles. The average Bonchev–Trinajstić information content (AvgIpc) is 2.46. The normalized spacial score (nSPS) is 25.6. The third-order valence-electron chi connectivity index (χ3n) is 4.51. The van der Waals surface area contributed by atoms with Gasteiger partial charge < -0.3 is 10.2 Å². The van der Waals surface area contributed by atoms with E-state index < -0.39 is 6.10 Å². The summed E-state index contributed by atoms with van der Waals surface area (Å²) in [5.41, 5.74) is 4.73. The molecule has 0 spiro atoms. The Hall–Kier alpha value is -1.12. The molecule has 0 heterocycles. The van der Waals surface area contributed by atoms with Crippen LogP contribution in [-0.4, -0.2) is 22.9 Å². The van der Waals surface area contributed by atoms with Crippen molar-refractivity contribution in [3.05, 3.63) is 47.1 Å². The molecule has 0 aromatic carbocycles. The first-order chi connectivity index (χ1) is 10.4. The average molecular weight is 304 g/mol. The zero-order valence-corrected chi connectivity index (χ0v) is 14.4. The second kappa shape index (κ2) is 9.81. The zero-order valence-electron chi connectivity index (χ0n) is 14.4. The van der Waals surface area contributed by atoms with Gasteiger partial charge in [0.2, 0.25) is 0 Å². The van der Waals surface area contributed by atoms with Crippen molar-refractivity contribution >= 4 is 0 Å². The first-order valence-electron chi connectivity index (χ1n) is 8.37. The molecule has 2 N–H and O–H groups in total. The molecule has 1 aliphatic carbocycles. The van der Waals surface area contributed by atoms with Gasteiger partial charge in [-0.2, -0.15) is 0 Å². The Morgan fingerprint density at radius 1 is 1.05 bits per heavy atom. The van der Waals surface area contributed by atoms with Crippen molar-refractivity contribution in [1.82, 2.24) is 0 Å². The van der Waals surface area contributed by atoms with Gasteiger partial charge >= 0.3 is 0 Å². The van der Waals surface area contributed by atoms with Crippen LogP contribution < -0.4 is 0 Å². The highest BCUT2D eigenvalue weighted by molar-refractivity contribution is 5.13. The molecule has 0 bridgehead atoms. The molecular weight excluding hydrogens is 272 g/mol. The quantitative estimate of drug-likeness (QED) is 0.726. The lowest BCUT2D eigenvalue weighted by Gasteiger charge is -2.24. The van der Waals surface area contributed by atoms with E-state index in [0.717, 1.165) is 37.7 Å². The van der Waals surface area contributed by atoms with Crippen molar-refractivity contribution in [3.63, 3.8) is 0 Å². The summed E-state index contributed by atoms with van der Waals surface area (Å²) in [6, 6.07) is 0. The van der Waals surface area contributed by atoms with Crippen molar-refractivity contribution in [1.29, 1.82) is 0 Å². The van der Waals surface area contributed by atoms with Crippen LogP contribution >= 0.6 is 0 Å². The van der Waals surface area contributed by atoms with E-state index >= 15 is 0 Å². The van der Waals surface area contributed by atoms with Gasteiger partial charge in [-0.15, -0.1) is 0 Å². The summed E-state index contributed by atoms with van der Waals surface area (Å²) >= 11 is 0. The van der Waals surface area contributed by atoms with Crippen LogP contribution in [0.2, 0.25) is 0 Å². The van der Waals surface area contributed by atoms with Crippen LogP contribution in [0, 0.1) is 5.92 Å². The van der Waals surface area contributed by atoms with Crippen molar-refractivity contribution in [3.8, 4) is 0 Å². The third kappa shape index (κ3) is 6.76. The highest BCUT2D eigenvalue weighted by Gasteiger charge is 2.21. The lowest BCUT2D eigenvalue weighted by molar-refractivity contribution is 0.119. The molecule has 124 valence electrons. The maximum Gasteiger partial charge on any atom is 0.0646 e. The van der Waals surface area contributed by atoms with Gasteiger partial charge in [0.15, 0.2) is 0 Å². The smallest absolute Gasteiger partial charge is 0.0646 e. The van der Waals surface area contributed by atoms with Gasteiger partial charge in [0.25, 0.3) is 0 Å². The maximum absolute atomic E-state index is 10.5. The first-order valence-corrected chi connectivity index (χ1v) is 8.37. The number of hydrogen-bond acceptors (Lipinski definition) is 2. The van der Waals surface area contributed by atoms with Gasteiger partial charge in [0.05, 0.1) is 12.7 Å². The fourth-order valence-electron chi connectivity index (χ4n) is 2.89. The summed E-state index contributed by atoms with van der Waals surface area (Å²) in [5, 5.41) is 19.9. The Kier molecular flexibility index (Phi) is 8.44. The summed E-state index contributed by atoms with van der Waals surface area (Å²) in [6.45, 7) is 10.3. The van der Waals surface area contributed by atoms with E-state index in [2.05, 4.69) is 45.6 Å². The van der Waals surface area contributed by atoms with Crippen LogP contribution in [0.25, 0.3) is 0 Å². The number of hydrogen-bond donors (Lipinski definition) is 2. The molecule has 2 atom stereocenters. The summed E-state index contributed by atoms with van der Waals surface area (Å²) in [4.78, 5) is 0. The number of rotatable bonds is 2. The lowest BCUT2D eigenvalue weighted by Crippen LogP contribution is -2.23. The highest BCUT2D eigenvalue weighted by Crippen LogP contribution is 2.25. The monoisotopic (exact) mass is 304 g/mol. The SMILES string of the molecule is C=C(CO)C1CC=C(C)CCC=C(C)CCC=C(C)CC1O. The van der Waals surface area contributed by atoms with Gasteiger partial charge in [-0.1, -0.05) is 41.5 Å². The molecule has 2 heteroatoms. The van der Waals surface area contributed by atoms with Crippen LogP contribution in [0.3, 0.4) is 0 Å². The third-order valence-corrected chi connectivity index (χ3v) is 4.51. The number of aliphatic hydroxyl groups excluding tert-OH is 2. The van der Waals surface area contributed by atoms with Gasteiger partial charge in [-0.05, 0) is 64.9 Å². The van der Waals surface area contributed by atoms with E-state index in [9.17, 15) is 10.2 Å². The molecule has 0 aromatic rings. The molecule has 2 nitrogen and oxygen atoms in total. The minimum absolute atomic E-state index is 0.0562. The number of aliphatic hydroxyl groups is 2. The van der Waals surface area contributed by atoms with E-state index in [1.54, 1.807) is 0 Å². The Morgan fingerprint density at radius 3 is 2.18 bits per heavy atom. The lowest BCUT2D eigenvalue weighted by atomic mass is 9.86. The van der Waals surface area contributed by atoms with Crippen molar-refractivity contribution in [2.45, 2.75) is 65.4 Å². The van der Waals surface area contributed by atoms with E-state index in [4.69, 9.17) is 0 Å². The summed E-state index contributed by atoms with van der Waals surface area (Å²) in [7, 11) is 0. The fourth-order valence-corrected chi connectivity index (χ4v) is 2.89. The predicted molar refractivity (Wildman–Crippen MR) is 94.7 cm³/mol. The first kappa shape index (κ1) is 18.9. The molecule has 2 unspecified atom stereocenters. The van der Waals surface area contributed by atoms with Crippen molar-refractivity contribution < 1.29 is 10.2 Å². The van der Waals surface area contributed by atoms with Crippen molar-refractivity contribution in [2.24, 2.45) is 5.92 Å². The van der Waals surface area contributed by atoms with Gasteiger partial charge in [-0.3, -0.25) is 0 Å². The van der Waals surface area contributed by atoms with E-state index in [-0.39, 0.29) is 12.5 Å². The van der Waals surface area contributed by atoms with Crippen molar-refractivity contribution in [2.75, 3.05) is 6.61 Å². The molecule has 1 rings (SSSR count). The van der Waals surface area contributed by atoms with Crippen LogP contribution in [0.5, 0.6) is 0 Å². The highest BCUT2D eigenvalue weighted by atomic mass is 16.3. The standard InChI is InChI=1S/C20H32O2/c1-15-7-5-9-16(2)11-12-19(18(4)14-21)20(22)13-17(3)10-6-8-15/h7,10-11,19-22H,4-6,8-9,12-14H2,1-3H3. The molecule has 0 amide bonds. The van der Waals surface area contributed by atoms with Gasteiger partial charge in [0, 0.05) is 5.92 Å². The molecule has 0 saturated carbocycles. The zero-order chi connectivity index (χ0) is 16.5. The van der Waals surface area contributed by atoms with Crippen LogP contribution in [0.15, 0.2) is 47.1 Å². The molecule has 0 fully saturated rings. The van der Waals surface area contributed by atoms with Gasteiger partial charge in [-0.25, -0.2) is 0 Å². The Morgan fingerprint density at radius 2 is 1.59 bits per heavy atom. The topological polar surface area (TPSA) is 40.5 Å². The van der Waals surface area contributed by atoms with E-state index in [1.165, 1.54) is 16.7 Å².